The Labute approximate surface area is 168 Å². The van der Waals surface area contributed by atoms with E-state index in [9.17, 15) is 9.59 Å². The van der Waals surface area contributed by atoms with E-state index in [4.69, 9.17) is 4.52 Å². The first kappa shape index (κ1) is 19.1. The van der Waals surface area contributed by atoms with Crippen molar-refractivity contribution in [1.82, 2.24) is 15.0 Å². The molecule has 0 radical (unpaired) electrons. The second-order valence-electron chi connectivity index (χ2n) is 7.78. The first-order valence-corrected chi connectivity index (χ1v) is 11.0. The lowest BCUT2D eigenvalue weighted by atomic mass is 9.87. The van der Waals surface area contributed by atoms with Crippen molar-refractivity contribution in [2.75, 3.05) is 18.4 Å². The predicted molar refractivity (Wildman–Crippen MR) is 106 cm³/mol. The number of nitrogens with one attached hydrogen (secondary N) is 1. The molecule has 1 aliphatic heterocycles. The maximum absolute atomic E-state index is 12.7. The molecule has 1 aliphatic carbocycles. The molecule has 1 saturated heterocycles. The summed E-state index contributed by atoms with van der Waals surface area (Å²) in [5.74, 6) is 1.66. The third-order valence-corrected chi connectivity index (χ3v) is 6.74. The van der Waals surface area contributed by atoms with Crippen LogP contribution in [-0.2, 0) is 4.79 Å². The number of piperidine rings is 1. The van der Waals surface area contributed by atoms with Gasteiger partial charge in [0.1, 0.15) is 11.5 Å². The second-order valence-corrected chi connectivity index (χ2v) is 8.67. The van der Waals surface area contributed by atoms with Gasteiger partial charge in [-0.05, 0) is 32.6 Å². The topological polar surface area (TPSA) is 88.3 Å². The molecule has 3 heterocycles. The molecule has 1 saturated carbocycles. The van der Waals surface area contributed by atoms with E-state index in [1.54, 1.807) is 18.4 Å². The summed E-state index contributed by atoms with van der Waals surface area (Å²) in [4.78, 5) is 31.6. The highest BCUT2D eigenvalue weighted by molar-refractivity contribution is 7.10. The van der Waals surface area contributed by atoms with E-state index >= 15 is 0 Å². The lowest BCUT2D eigenvalue weighted by molar-refractivity contribution is -0.137. The molecule has 7 nitrogen and oxygen atoms in total. The summed E-state index contributed by atoms with van der Waals surface area (Å²) < 4.78 is 4.96. The molecule has 0 unspecified atom stereocenters. The van der Waals surface area contributed by atoms with Gasteiger partial charge in [-0.15, -0.1) is 11.3 Å². The summed E-state index contributed by atoms with van der Waals surface area (Å²) in [6.07, 6.45) is 7.56. The van der Waals surface area contributed by atoms with Crippen LogP contribution in [0, 0.1) is 12.8 Å². The van der Waals surface area contributed by atoms with Crippen LogP contribution in [0.1, 0.15) is 72.1 Å². The van der Waals surface area contributed by atoms with Crippen LogP contribution in [0.15, 0.2) is 16.0 Å². The number of aromatic nitrogens is 2. The Morgan fingerprint density at radius 1 is 1.18 bits per heavy atom. The SMILES string of the molecule is Cc1cc(NC(=O)c2csc(C3CCN(C(=O)C4CCCCC4)CC3)n2)no1. The number of hydrogen-bond acceptors (Lipinski definition) is 6. The fourth-order valence-corrected chi connectivity index (χ4v) is 5.11. The van der Waals surface area contributed by atoms with Gasteiger partial charge in [-0.1, -0.05) is 24.4 Å². The van der Waals surface area contributed by atoms with E-state index < -0.39 is 0 Å². The van der Waals surface area contributed by atoms with Gasteiger partial charge in [0.2, 0.25) is 5.91 Å². The fourth-order valence-electron chi connectivity index (χ4n) is 4.14. The summed E-state index contributed by atoms with van der Waals surface area (Å²) in [6, 6.07) is 1.67. The molecule has 0 aromatic carbocycles. The van der Waals surface area contributed by atoms with Crippen molar-refractivity contribution >= 4 is 29.0 Å². The number of nitrogens with zero attached hydrogens (tertiary/aromatic N) is 3. The van der Waals surface area contributed by atoms with Gasteiger partial charge < -0.3 is 14.7 Å². The summed E-state index contributed by atoms with van der Waals surface area (Å²) in [5, 5.41) is 9.24. The largest absolute Gasteiger partial charge is 0.360 e. The van der Waals surface area contributed by atoms with Gasteiger partial charge in [0.25, 0.3) is 5.91 Å². The molecule has 2 aromatic heterocycles. The lowest BCUT2D eigenvalue weighted by Crippen LogP contribution is -2.41. The quantitative estimate of drug-likeness (QED) is 0.836. The zero-order chi connectivity index (χ0) is 19.5. The second kappa shape index (κ2) is 8.43. The molecular weight excluding hydrogens is 376 g/mol. The van der Waals surface area contributed by atoms with Gasteiger partial charge in [0.05, 0.1) is 5.01 Å². The van der Waals surface area contributed by atoms with Crippen LogP contribution < -0.4 is 5.32 Å². The maximum atomic E-state index is 12.7. The molecule has 0 bridgehead atoms. The first-order chi connectivity index (χ1) is 13.6. The minimum absolute atomic E-state index is 0.237. The number of carbonyl (C=O) groups excluding carboxylic acids is 2. The standard InChI is InChI=1S/C20H26N4O3S/c1-13-11-17(23-27-13)22-18(25)16-12-28-19(21-16)14-7-9-24(10-8-14)20(26)15-5-3-2-4-6-15/h11-12,14-15H,2-10H2,1H3,(H,22,23,25). The van der Waals surface area contributed by atoms with Gasteiger partial charge >= 0.3 is 0 Å². The van der Waals surface area contributed by atoms with Crippen LogP contribution in [0.5, 0.6) is 0 Å². The van der Waals surface area contributed by atoms with Gasteiger partial charge in [-0.25, -0.2) is 4.98 Å². The number of carbonyl (C=O) groups is 2. The lowest BCUT2D eigenvalue weighted by Gasteiger charge is -2.34. The van der Waals surface area contributed by atoms with E-state index in [-0.39, 0.29) is 11.8 Å². The fraction of sp³-hybridized carbons (Fsp3) is 0.600. The van der Waals surface area contributed by atoms with Crippen LogP contribution in [0.25, 0.3) is 0 Å². The maximum Gasteiger partial charge on any atom is 0.276 e. The van der Waals surface area contributed by atoms with Gasteiger partial charge in [-0.2, -0.15) is 0 Å². The monoisotopic (exact) mass is 402 g/mol. The first-order valence-electron chi connectivity index (χ1n) is 10.1. The third kappa shape index (κ3) is 4.27. The molecule has 4 rings (SSSR count). The predicted octanol–water partition coefficient (Wildman–Crippen LogP) is 3.98. The van der Waals surface area contributed by atoms with E-state index in [1.807, 2.05) is 4.90 Å². The van der Waals surface area contributed by atoms with Crippen LogP contribution in [-0.4, -0.2) is 39.9 Å². The molecule has 0 atom stereocenters. The highest BCUT2D eigenvalue weighted by Gasteiger charge is 2.30. The highest BCUT2D eigenvalue weighted by atomic mass is 32.1. The van der Waals surface area contributed by atoms with Crippen molar-refractivity contribution in [2.24, 2.45) is 5.92 Å². The number of hydrogen-bond donors (Lipinski definition) is 1. The minimum atomic E-state index is -0.277. The Balaban J connectivity index is 1.31. The summed E-state index contributed by atoms with van der Waals surface area (Å²) in [7, 11) is 0. The number of anilines is 1. The molecule has 1 N–H and O–H groups in total. The van der Waals surface area contributed by atoms with Crippen molar-refractivity contribution in [3.05, 3.63) is 27.9 Å². The van der Waals surface area contributed by atoms with E-state index in [0.717, 1.165) is 43.8 Å². The molecule has 2 fully saturated rings. The zero-order valence-corrected chi connectivity index (χ0v) is 17.0. The van der Waals surface area contributed by atoms with Gasteiger partial charge in [0.15, 0.2) is 5.82 Å². The Morgan fingerprint density at radius 2 is 1.93 bits per heavy atom. The Morgan fingerprint density at radius 3 is 2.61 bits per heavy atom. The minimum Gasteiger partial charge on any atom is -0.360 e. The van der Waals surface area contributed by atoms with Crippen molar-refractivity contribution < 1.29 is 14.1 Å². The van der Waals surface area contributed by atoms with Gasteiger partial charge in [-0.3, -0.25) is 9.59 Å². The summed E-state index contributed by atoms with van der Waals surface area (Å²) in [5.41, 5.74) is 0.404. The van der Waals surface area contributed by atoms with E-state index in [1.165, 1.54) is 30.6 Å². The molecular formula is C20H26N4O3S. The van der Waals surface area contributed by atoms with E-state index in [2.05, 4.69) is 15.5 Å². The summed E-state index contributed by atoms with van der Waals surface area (Å²) in [6.45, 7) is 3.35. The van der Waals surface area contributed by atoms with Crippen molar-refractivity contribution in [3.63, 3.8) is 0 Å². The number of aryl methyl sites for hydroxylation is 1. The average molecular weight is 403 g/mol. The molecule has 150 valence electrons. The van der Waals surface area contributed by atoms with Crippen LogP contribution in [0.3, 0.4) is 0 Å². The van der Waals surface area contributed by atoms with Crippen LogP contribution in [0.2, 0.25) is 0 Å². The Bertz CT molecular complexity index is 832. The molecule has 2 aliphatic rings. The van der Waals surface area contributed by atoms with Crippen LogP contribution in [0.4, 0.5) is 5.82 Å². The van der Waals surface area contributed by atoms with Crippen LogP contribution >= 0.6 is 11.3 Å². The molecule has 2 aromatic rings. The zero-order valence-electron chi connectivity index (χ0n) is 16.1. The summed E-state index contributed by atoms with van der Waals surface area (Å²) >= 11 is 1.52. The third-order valence-electron chi connectivity index (χ3n) is 5.73. The van der Waals surface area contributed by atoms with Crippen molar-refractivity contribution in [2.45, 2.75) is 57.8 Å². The number of amides is 2. The van der Waals surface area contributed by atoms with E-state index in [0.29, 0.717) is 29.1 Å². The van der Waals surface area contributed by atoms with Gasteiger partial charge in [0, 0.05) is 36.4 Å². The Hall–Kier alpha value is -2.22. The molecule has 28 heavy (non-hydrogen) atoms. The molecule has 8 heteroatoms. The van der Waals surface area contributed by atoms with Crippen molar-refractivity contribution in [3.8, 4) is 0 Å². The number of thiazole rings is 1. The Kier molecular flexibility index (Phi) is 5.75. The van der Waals surface area contributed by atoms with Crippen molar-refractivity contribution in [1.29, 1.82) is 0 Å². The average Bonchev–Trinajstić information content (AvgIpc) is 3.38. The number of rotatable bonds is 4. The molecule has 2 amide bonds. The normalized spacial score (nSPS) is 19.0. The highest BCUT2D eigenvalue weighted by Crippen LogP contribution is 2.32. The molecule has 0 spiro atoms. The number of likely N-dealkylation sites (tertiary alicyclic amines) is 1. The smallest absolute Gasteiger partial charge is 0.276 e.